The van der Waals surface area contributed by atoms with Gasteiger partial charge in [-0.1, -0.05) is 19.9 Å². The molecule has 2 rings (SSSR count). The van der Waals surface area contributed by atoms with Gasteiger partial charge in [-0.05, 0) is 48.4 Å². The number of halogens is 2. The SMILES string of the molecule is CC(C)CC(=O)Nc1ccc(C(=O)COC(=O)c2cccc(OC(F)F)c2)cc1. The Labute approximate surface area is 166 Å². The molecule has 0 radical (unpaired) electrons. The number of nitrogens with one attached hydrogen (secondary N) is 1. The number of hydrogen-bond donors (Lipinski definition) is 1. The van der Waals surface area contributed by atoms with Gasteiger partial charge in [-0.3, -0.25) is 9.59 Å². The first-order chi connectivity index (χ1) is 13.7. The van der Waals surface area contributed by atoms with Crippen molar-refractivity contribution in [3.63, 3.8) is 0 Å². The molecule has 0 saturated carbocycles. The van der Waals surface area contributed by atoms with Crippen molar-refractivity contribution < 1.29 is 32.6 Å². The lowest BCUT2D eigenvalue weighted by Gasteiger charge is -2.09. The highest BCUT2D eigenvalue weighted by Gasteiger charge is 2.14. The number of Topliss-reactive ketones (excluding diaryl/α,β-unsaturated/α-hetero) is 1. The molecule has 0 unspecified atom stereocenters. The number of benzene rings is 2. The van der Waals surface area contributed by atoms with Crippen LogP contribution < -0.4 is 10.1 Å². The van der Waals surface area contributed by atoms with Gasteiger partial charge < -0.3 is 14.8 Å². The van der Waals surface area contributed by atoms with E-state index in [9.17, 15) is 23.2 Å². The summed E-state index contributed by atoms with van der Waals surface area (Å²) in [6, 6.07) is 11.3. The van der Waals surface area contributed by atoms with Crippen LogP contribution >= 0.6 is 0 Å². The first-order valence-electron chi connectivity index (χ1n) is 8.89. The highest BCUT2D eigenvalue weighted by atomic mass is 19.3. The van der Waals surface area contributed by atoms with Crippen molar-refractivity contribution in [2.45, 2.75) is 26.9 Å². The van der Waals surface area contributed by atoms with E-state index in [0.717, 1.165) is 6.07 Å². The highest BCUT2D eigenvalue weighted by Crippen LogP contribution is 2.17. The molecule has 8 heteroatoms. The van der Waals surface area contributed by atoms with E-state index in [-0.39, 0.29) is 23.1 Å². The Morgan fingerprint density at radius 2 is 1.69 bits per heavy atom. The van der Waals surface area contributed by atoms with Crippen molar-refractivity contribution in [3.05, 3.63) is 59.7 Å². The van der Waals surface area contributed by atoms with Crippen LogP contribution in [-0.4, -0.2) is 30.9 Å². The molecule has 0 aliphatic heterocycles. The third-order valence-electron chi connectivity index (χ3n) is 3.71. The molecular formula is C21H21F2NO5. The molecule has 29 heavy (non-hydrogen) atoms. The van der Waals surface area contributed by atoms with E-state index in [1.54, 1.807) is 12.1 Å². The predicted octanol–water partition coefficient (Wildman–Crippen LogP) is 4.31. The number of carbonyl (C=O) groups is 3. The summed E-state index contributed by atoms with van der Waals surface area (Å²) in [5, 5.41) is 2.73. The highest BCUT2D eigenvalue weighted by molar-refractivity contribution is 6.00. The number of alkyl halides is 2. The number of rotatable bonds is 9. The number of hydrogen-bond acceptors (Lipinski definition) is 5. The van der Waals surface area contributed by atoms with Crippen LogP contribution in [-0.2, 0) is 9.53 Å². The topological polar surface area (TPSA) is 81.7 Å². The monoisotopic (exact) mass is 405 g/mol. The van der Waals surface area contributed by atoms with Crippen LogP contribution in [0.3, 0.4) is 0 Å². The molecule has 0 spiro atoms. The summed E-state index contributed by atoms with van der Waals surface area (Å²) >= 11 is 0. The third-order valence-corrected chi connectivity index (χ3v) is 3.71. The number of anilines is 1. The molecule has 0 bridgehead atoms. The molecule has 6 nitrogen and oxygen atoms in total. The minimum Gasteiger partial charge on any atom is -0.454 e. The third kappa shape index (κ3) is 7.33. The van der Waals surface area contributed by atoms with Crippen molar-refractivity contribution in [1.29, 1.82) is 0 Å². The molecule has 2 aromatic rings. The van der Waals surface area contributed by atoms with Crippen LogP contribution in [0.25, 0.3) is 0 Å². The molecule has 154 valence electrons. The second kappa shape index (κ2) is 10.3. The van der Waals surface area contributed by atoms with Crippen molar-refractivity contribution >= 4 is 23.3 Å². The van der Waals surface area contributed by atoms with Gasteiger partial charge in [0.25, 0.3) is 0 Å². The second-order valence-corrected chi connectivity index (χ2v) is 6.63. The fourth-order valence-corrected chi connectivity index (χ4v) is 2.42. The van der Waals surface area contributed by atoms with Crippen molar-refractivity contribution in [1.82, 2.24) is 0 Å². The van der Waals surface area contributed by atoms with E-state index in [1.165, 1.54) is 30.3 Å². The van der Waals surface area contributed by atoms with Crippen LogP contribution in [0, 0.1) is 5.92 Å². The van der Waals surface area contributed by atoms with Gasteiger partial charge in [0.1, 0.15) is 5.75 Å². The molecule has 1 N–H and O–H groups in total. The Kier molecular flexibility index (Phi) is 7.82. The van der Waals surface area contributed by atoms with E-state index in [0.29, 0.717) is 17.7 Å². The number of carbonyl (C=O) groups excluding carboxylic acids is 3. The van der Waals surface area contributed by atoms with E-state index in [4.69, 9.17) is 4.74 Å². The molecule has 0 aromatic heterocycles. The maximum atomic E-state index is 12.2. The van der Waals surface area contributed by atoms with E-state index in [1.807, 2.05) is 13.8 Å². The first kappa shape index (κ1) is 22.0. The Balaban J connectivity index is 1.90. The fourth-order valence-electron chi connectivity index (χ4n) is 2.42. The minimum atomic E-state index is -3.01. The minimum absolute atomic E-state index is 0.0147. The van der Waals surface area contributed by atoms with Gasteiger partial charge in [0.2, 0.25) is 5.91 Å². The summed E-state index contributed by atoms with van der Waals surface area (Å²) in [7, 11) is 0. The standard InChI is InChI=1S/C21H21F2NO5/c1-13(2)10-19(26)24-16-8-6-14(7-9-16)18(25)12-28-20(27)15-4-3-5-17(11-15)29-21(22)23/h3-9,11,13,21H,10,12H2,1-2H3,(H,24,26). The van der Waals surface area contributed by atoms with Gasteiger partial charge in [-0.15, -0.1) is 0 Å². The quantitative estimate of drug-likeness (QED) is 0.497. The van der Waals surface area contributed by atoms with Crippen LogP contribution in [0.15, 0.2) is 48.5 Å². The van der Waals surface area contributed by atoms with Gasteiger partial charge in [0.15, 0.2) is 12.4 Å². The number of amides is 1. The van der Waals surface area contributed by atoms with Gasteiger partial charge >= 0.3 is 12.6 Å². The number of ether oxygens (including phenoxy) is 2. The maximum Gasteiger partial charge on any atom is 0.387 e. The summed E-state index contributed by atoms with van der Waals surface area (Å²) in [5.41, 5.74) is 0.841. The first-order valence-corrected chi connectivity index (χ1v) is 8.89. The van der Waals surface area contributed by atoms with Crippen molar-refractivity contribution in [3.8, 4) is 5.75 Å². The number of esters is 1. The lowest BCUT2D eigenvalue weighted by Crippen LogP contribution is -2.15. The van der Waals surface area contributed by atoms with Crippen LogP contribution in [0.2, 0.25) is 0 Å². The molecule has 0 aliphatic carbocycles. The smallest absolute Gasteiger partial charge is 0.387 e. The molecule has 0 atom stereocenters. The Bertz CT molecular complexity index is 866. The maximum absolute atomic E-state index is 12.2. The summed E-state index contributed by atoms with van der Waals surface area (Å²) in [5.74, 6) is -1.36. The fraction of sp³-hybridized carbons (Fsp3) is 0.286. The van der Waals surface area contributed by atoms with E-state index < -0.39 is 25.0 Å². The molecular weight excluding hydrogens is 384 g/mol. The lowest BCUT2D eigenvalue weighted by atomic mass is 10.1. The summed E-state index contributed by atoms with van der Waals surface area (Å²) in [6.45, 7) is 0.341. The zero-order valence-corrected chi connectivity index (χ0v) is 16.0. The van der Waals surface area contributed by atoms with Crippen molar-refractivity contribution in [2.24, 2.45) is 5.92 Å². The normalized spacial score (nSPS) is 10.7. The van der Waals surface area contributed by atoms with Crippen molar-refractivity contribution in [2.75, 3.05) is 11.9 Å². The van der Waals surface area contributed by atoms with Gasteiger partial charge in [-0.2, -0.15) is 8.78 Å². The molecule has 1 amide bonds. The molecule has 2 aromatic carbocycles. The molecule has 0 fully saturated rings. The summed E-state index contributed by atoms with van der Waals surface area (Å²) < 4.78 is 33.6. The summed E-state index contributed by atoms with van der Waals surface area (Å²) in [6.07, 6.45) is 0.389. The van der Waals surface area contributed by atoms with Crippen LogP contribution in [0.1, 0.15) is 41.0 Å². The predicted molar refractivity (Wildman–Crippen MR) is 102 cm³/mol. The Hall–Kier alpha value is -3.29. The van der Waals surface area contributed by atoms with E-state index in [2.05, 4.69) is 10.1 Å². The van der Waals surface area contributed by atoms with Gasteiger partial charge in [0, 0.05) is 17.7 Å². The zero-order valence-electron chi connectivity index (χ0n) is 16.0. The van der Waals surface area contributed by atoms with Crippen LogP contribution in [0.4, 0.5) is 14.5 Å². The van der Waals surface area contributed by atoms with Gasteiger partial charge in [0.05, 0.1) is 5.56 Å². The van der Waals surface area contributed by atoms with Gasteiger partial charge in [-0.25, -0.2) is 4.79 Å². The Morgan fingerprint density at radius 3 is 2.31 bits per heavy atom. The zero-order chi connectivity index (χ0) is 21.4. The average Bonchev–Trinajstić information content (AvgIpc) is 2.65. The molecule has 0 saturated heterocycles. The van der Waals surface area contributed by atoms with Crippen LogP contribution in [0.5, 0.6) is 5.75 Å². The largest absolute Gasteiger partial charge is 0.454 e. The number of ketones is 1. The lowest BCUT2D eigenvalue weighted by molar-refractivity contribution is -0.116. The average molecular weight is 405 g/mol. The summed E-state index contributed by atoms with van der Waals surface area (Å²) in [4.78, 5) is 36.0. The van der Waals surface area contributed by atoms with E-state index >= 15 is 0 Å². The molecule has 0 aliphatic rings. The molecule has 0 heterocycles. The second-order valence-electron chi connectivity index (χ2n) is 6.63. The Morgan fingerprint density at radius 1 is 1.00 bits per heavy atom.